The topological polar surface area (TPSA) is 85.8 Å². The van der Waals surface area contributed by atoms with Gasteiger partial charge >= 0.3 is 5.97 Å². The first kappa shape index (κ1) is 31.3. The van der Waals surface area contributed by atoms with Crippen LogP contribution in [0.4, 0.5) is 16.5 Å². The van der Waals surface area contributed by atoms with E-state index in [-0.39, 0.29) is 18.9 Å². The molecule has 1 aliphatic rings. The van der Waals surface area contributed by atoms with Gasteiger partial charge in [-0.3, -0.25) is 9.59 Å². The fraction of sp³-hybridized carbons (Fsp3) is 0.361. The summed E-state index contributed by atoms with van der Waals surface area (Å²) in [6, 6.07) is 25.1. The van der Waals surface area contributed by atoms with Crippen molar-refractivity contribution in [3.05, 3.63) is 94.9 Å². The van der Waals surface area contributed by atoms with Gasteiger partial charge in [-0.2, -0.15) is 0 Å². The van der Waals surface area contributed by atoms with Crippen molar-refractivity contribution in [2.75, 3.05) is 29.4 Å². The molecule has 3 aromatic carbocycles. The van der Waals surface area contributed by atoms with Crippen LogP contribution >= 0.6 is 11.3 Å². The lowest BCUT2D eigenvalue weighted by Gasteiger charge is -2.25. The molecule has 1 heterocycles. The lowest BCUT2D eigenvalue weighted by Crippen LogP contribution is -2.26. The van der Waals surface area contributed by atoms with Gasteiger partial charge in [0.15, 0.2) is 5.13 Å². The Hall–Kier alpha value is -4.17. The first-order chi connectivity index (χ1) is 21.4. The average Bonchev–Trinajstić information content (AvgIpc) is 3.55. The Balaban J connectivity index is 1.38. The van der Waals surface area contributed by atoms with E-state index in [4.69, 9.17) is 10.1 Å². The Kier molecular flexibility index (Phi) is 10.7. The molecule has 0 bridgehead atoms. The summed E-state index contributed by atoms with van der Waals surface area (Å²) >= 11 is 1.63. The quantitative estimate of drug-likeness (QED) is 0.159. The predicted molar refractivity (Wildman–Crippen MR) is 180 cm³/mol. The van der Waals surface area contributed by atoms with Gasteiger partial charge in [-0.1, -0.05) is 55.7 Å². The smallest absolute Gasteiger partial charge is 0.305 e. The van der Waals surface area contributed by atoms with Gasteiger partial charge in [0, 0.05) is 47.5 Å². The molecule has 0 spiro atoms. The third-order valence-electron chi connectivity index (χ3n) is 8.48. The summed E-state index contributed by atoms with van der Waals surface area (Å²) in [5.74, 6) is -0.565. The van der Waals surface area contributed by atoms with E-state index in [0.29, 0.717) is 18.0 Å². The van der Waals surface area contributed by atoms with Crippen LogP contribution < -0.4 is 15.1 Å². The molecule has 1 amide bonds. The maximum absolute atomic E-state index is 12.5. The first-order valence-corrected chi connectivity index (χ1v) is 16.6. The lowest BCUT2D eigenvalue weighted by molar-refractivity contribution is -0.136. The molecule has 8 heteroatoms. The van der Waals surface area contributed by atoms with Crippen LogP contribution in [0.5, 0.6) is 0 Å². The van der Waals surface area contributed by atoms with E-state index in [2.05, 4.69) is 82.9 Å². The van der Waals surface area contributed by atoms with Gasteiger partial charge in [0.1, 0.15) is 0 Å². The molecule has 7 nitrogen and oxygen atoms in total. The van der Waals surface area contributed by atoms with E-state index in [1.54, 1.807) is 23.5 Å². The zero-order valence-electron chi connectivity index (χ0n) is 25.7. The van der Waals surface area contributed by atoms with Crippen LogP contribution in [0.1, 0.15) is 79.8 Å². The van der Waals surface area contributed by atoms with Crippen molar-refractivity contribution in [1.82, 2.24) is 10.3 Å². The predicted octanol–water partition coefficient (Wildman–Crippen LogP) is 8.25. The van der Waals surface area contributed by atoms with Gasteiger partial charge in [0.05, 0.1) is 18.7 Å². The van der Waals surface area contributed by atoms with E-state index in [1.807, 2.05) is 12.1 Å². The number of anilines is 3. The number of aromatic nitrogens is 1. The van der Waals surface area contributed by atoms with Crippen molar-refractivity contribution in [3.63, 3.8) is 0 Å². The number of carbonyl (C=O) groups excluding carboxylic acids is 1. The summed E-state index contributed by atoms with van der Waals surface area (Å²) < 4.78 is 0. The largest absolute Gasteiger partial charge is 0.481 e. The standard InChI is InChI=1S/C36H42N4O3S/c1-3-39(4-2)31-18-16-29(17-19-31)33-25-44-36(38-33)40(32-20-14-28(15-21-32)27-8-6-5-7-9-27)24-26-10-12-30(13-11-26)35(43)37-23-22-34(41)42/h10-21,25,27H,3-9,22-24H2,1-2H3,(H,37,43)(H,41,42). The van der Waals surface area contributed by atoms with Crippen LogP contribution in [0.2, 0.25) is 0 Å². The monoisotopic (exact) mass is 610 g/mol. The molecule has 1 saturated carbocycles. The second kappa shape index (κ2) is 15.0. The zero-order chi connectivity index (χ0) is 30.9. The highest BCUT2D eigenvalue weighted by molar-refractivity contribution is 7.14. The van der Waals surface area contributed by atoms with Crippen LogP contribution in [0.3, 0.4) is 0 Å². The Morgan fingerprint density at radius 2 is 1.55 bits per heavy atom. The number of amides is 1. The molecule has 1 aromatic heterocycles. The summed E-state index contributed by atoms with van der Waals surface area (Å²) in [6.07, 6.45) is 6.39. The van der Waals surface area contributed by atoms with Crippen LogP contribution in [0.15, 0.2) is 78.2 Å². The lowest BCUT2D eigenvalue weighted by atomic mass is 9.84. The Morgan fingerprint density at radius 3 is 2.18 bits per heavy atom. The summed E-state index contributed by atoms with van der Waals surface area (Å²) in [5, 5.41) is 14.5. The highest BCUT2D eigenvalue weighted by Gasteiger charge is 2.19. The zero-order valence-corrected chi connectivity index (χ0v) is 26.5. The maximum atomic E-state index is 12.5. The van der Waals surface area contributed by atoms with Crippen molar-refractivity contribution in [3.8, 4) is 11.3 Å². The SMILES string of the molecule is CCN(CC)c1ccc(-c2csc(N(Cc3ccc(C(=O)NCCC(=O)O)cc3)c3ccc(C4CCCCC4)cc3)n2)cc1. The van der Waals surface area contributed by atoms with Crippen molar-refractivity contribution in [2.45, 2.75) is 64.8 Å². The van der Waals surface area contributed by atoms with Crippen molar-refractivity contribution in [2.24, 2.45) is 0 Å². The molecular weight excluding hydrogens is 568 g/mol. The third kappa shape index (κ3) is 7.85. The molecule has 0 aliphatic heterocycles. The number of rotatable bonds is 13. The second-order valence-electron chi connectivity index (χ2n) is 11.3. The number of nitrogens with one attached hydrogen (secondary N) is 1. The number of benzene rings is 3. The molecule has 0 radical (unpaired) electrons. The molecule has 44 heavy (non-hydrogen) atoms. The molecule has 5 rings (SSSR count). The first-order valence-electron chi connectivity index (χ1n) is 15.7. The molecule has 0 saturated heterocycles. The van der Waals surface area contributed by atoms with Gasteiger partial charge in [-0.05, 0) is 80.1 Å². The van der Waals surface area contributed by atoms with Crippen LogP contribution in [-0.2, 0) is 11.3 Å². The van der Waals surface area contributed by atoms with E-state index < -0.39 is 5.97 Å². The van der Waals surface area contributed by atoms with Crippen LogP contribution in [0, 0.1) is 0 Å². The van der Waals surface area contributed by atoms with E-state index >= 15 is 0 Å². The number of carboxylic acids is 1. The number of hydrogen-bond donors (Lipinski definition) is 2. The number of aliphatic carboxylic acids is 1. The summed E-state index contributed by atoms with van der Waals surface area (Å²) in [4.78, 5) is 32.9. The normalized spacial score (nSPS) is 13.4. The van der Waals surface area contributed by atoms with E-state index in [9.17, 15) is 9.59 Å². The molecule has 1 aliphatic carbocycles. The van der Waals surface area contributed by atoms with E-state index in [0.717, 1.165) is 40.7 Å². The maximum Gasteiger partial charge on any atom is 0.305 e. The highest BCUT2D eigenvalue weighted by atomic mass is 32.1. The van der Waals surface area contributed by atoms with Crippen LogP contribution in [0.25, 0.3) is 11.3 Å². The Labute approximate surface area is 264 Å². The van der Waals surface area contributed by atoms with Crippen molar-refractivity contribution < 1.29 is 14.7 Å². The summed E-state index contributed by atoms with van der Waals surface area (Å²) in [5.41, 5.74) is 7.31. The molecule has 0 unspecified atom stereocenters. The number of hydrogen-bond acceptors (Lipinski definition) is 6. The third-order valence-corrected chi connectivity index (χ3v) is 9.34. The second-order valence-corrected chi connectivity index (χ2v) is 12.2. The minimum absolute atomic E-state index is 0.102. The number of carbonyl (C=O) groups is 2. The van der Waals surface area contributed by atoms with Crippen LogP contribution in [-0.4, -0.2) is 41.6 Å². The van der Waals surface area contributed by atoms with Gasteiger partial charge < -0.3 is 20.2 Å². The molecular formula is C36H42N4O3S. The minimum atomic E-state index is -0.936. The molecule has 2 N–H and O–H groups in total. The number of carboxylic acid groups (broad SMARTS) is 1. The summed E-state index contributed by atoms with van der Waals surface area (Å²) in [6.45, 7) is 6.99. The number of nitrogens with zero attached hydrogens (tertiary/aromatic N) is 3. The minimum Gasteiger partial charge on any atom is -0.481 e. The molecule has 230 valence electrons. The Bertz CT molecular complexity index is 1510. The van der Waals surface area contributed by atoms with Gasteiger partial charge in [-0.15, -0.1) is 11.3 Å². The fourth-order valence-corrected chi connectivity index (χ4v) is 6.77. The Morgan fingerprint density at radius 1 is 0.886 bits per heavy atom. The summed E-state index contributed by atoms with van der Waals surface area (Å²) in [7, 11) is 0. The molecule has 1 fully saturated rings. The number of thiazole rings is 1. The van der Waals surface area contributed by atoms with E-state index in [1.165, 1.54) is 43.4 Å². The van der Waals surface area contributed by atoms with Gasteiger partial charge in [-0.25, -0.2) is 4.98 Å². The highest BCUT2D eigenvalue weighted by Crippen LogP contribution is 2.37. The van der Waals surface area contributed by atoms with Crippen molar-refractivity contribution >= 4 is 39.7 Å². The van der Waals surface area contributed by atoms with Gasteiger partial charge in [0.2, 0.25) is 0 Å². The van der Waals surface area contributed by atoms with Gasteiger partial charge in [0.25, 0.3) is 5.91 Å². The molecule has 0 atom stereocenters. The van der Waals surface area contributed by atoms with Crippen molar-refractivity contribution in [1.29, 1.82) is 0 Å². The fourth-order valence-electron chi connectivity index (χ4n) is 5.91. The molecule has 4 aromatic rings. The average molecular weight is 611 g/mol.